The van der Waals surface area contributed by atoms with Crippen LogP contribution in [0.4, 0.5) is 10.5 Å². The largest absolute Gasteiger partial charge is 0.398 e. The van der Waals surface area contributed by atoms with Crippen LogP contribution in [0.5, 0.6) is 0 Å². The molecule has 1 aromatic rings. The Balaban J connectivity index is 2.77. The Morgan fingerprint density at radius 3 is 2.56 bits per heavy atom. The van der Waals surface area contributed by atoms with Crippen LogP contribution in [0.1, 0.15) is 13.8 Å². The monoisotopic (exact) mass is 263 g/mol. The highest BCUT2D eigenvalue weighted by molar-refractivity contribution is 7.92. The number of carbonyl (C=O) groups is 1. The number of sulfonamides is 1. The second-order valence-corrected chi connectivity index (χ2v) is 6.25. The maximum atomic E-state index is 11.6. The van der Waals surface area contributed by atoms with Crippen molar-refractivity contribution < 1.29 is 13.2 Å². The Labute approximate surface area is 97.9 Å². The molecule has 0 aliphatic rings. The van der Waals surface area contributed by atoms with Crippen LogP contribution < -0.4 is 15.8 Å². The van der Waals surface area contributed by atoms with E-state index in [4.69, 9.17) is 5.73 Å². The molecular weight excluding hydrogens is 250 g/mol. The molecule has 0 unspecified atom stereocenters. The molecule has 0 atom stereocenters. The standard InChI is InChI=1S/C8H13N3O3S2/c1-5(2)10-8(12)11-16(13,14)7-3-6(9)4-15-7/h3-5H,9H2,1-2H3,(H2,10,11,12). The van der Waals surface area contributed by atoms with Crippen molar-refractivity contribution in [3.05, 3.63) is 11.4 Å². The average molecular weight is 263 g/mol. The van der Waals surface area contributed by atoms with Crippen molar-refractivity contribution in [2.45, 2.75) is 24.1 Å². The van der Waals surface area contributed by atoms with Gasteiger partial charge in [-0.3, -0.25) is 0 Å². The summed E-state index contributed by atoms with van der Waals surface area (Å²) in [6.07, 6.45) is 0. The van der Waals surface area contributed by atoms with Gasteiger partial charge in [-0.05, 0) is 19.9 Å². The van der Waals surface area contributed by atoms with Gasteiger partial charge in [-0.25, -0.2) is 17.9 Å². The van der Waals surface area contributed by atoms with Gasteiger partial charge in [0.05, 0.1) is 0 Å². The topological polar surface area (TPSA) is 101 Å². The van der Waals surface area contributed by atoms with Gasteiger partial charge in [0.15, 0.2) is 0 Å². The molecule has 8 heteroatoms. The smallest absolute Gasteiger partial charge is 0.328 e. The highest BCUT2D eigenvalue weighted by Crippen LogP contribution is 2.21. The van der Waals surface area contributed by atoms with E-state index in [-0.39, 0.29) is 10.3 Å². The number of nitrogen functional groups attached to an aromatic ring is 1. The molecular formula is C8H13N3O3S2. The zero-order chi connectivity index (χ0) is 12.3. The SMILES string of the molecule is CC(C)NC(=O)NS(=O)(=O)c1cc(N)cs1. The predicted octanol–water partition coefficient (Wildman–Crippen LogP) is 0.727. The lowest BCUT2D eigenvalue weighted by Gasteiger charge is -2.09. The van der Waals surface area contributed by atoms with Crippen LogP contribution in [0.3, 0.4) is 0 Å². The average Bonchev–Trinajstić information content (AvgIpc) is 2.49. The van der Waals surface area contributed by atoms with E-state index in [0.717, 1.165) is 11.3 Å². The van der Waals surface area contributed by atoms with Crippen molar-refractivity contribution in [2.24, 2.45) is 0 Å². The minimum absolute atomic E-state index is 0.0175. The third-order valence-electron chi connectivity index (χ3n) is 1.51. The second kappa shape index (κ2) is 4.71. The molecule has 0 saturated carbocycles. The molecule has 6 nitrogen and oxygen atoms in total. The predicted molar refractivity (Wildman–Crippen MR) is 62.7 cm³/mol. The summed E-state index contributed by atoms with van der Waals surface area (Å²) >= 11 is 0.962. The normalized spacial score (nSPS) is 11.4. The number of urea groups is 1. The summed E-state index contributed by atoms with van der Waals surface area (Å²) in [4.78, 5) is 11.2. The number of nitrogens with two attached hydrogens (primary N) is 1. The molecule has 0 aliphatic heterocycles. The number of rotatable bonds is 3. The fourth-order valence-corrected chi connectivity index (χ4v) is 2.93. The lowest BCUT2D eigenvalue weighted by molar-refractivity contribution is 0.243. The molecule has 0 fully saturated rings. The summed E-state index contributed by atoms with van der Waals surface area (Å²) in [6, 6.07) is 0.418. The minimum atomic E-state index is -3.81. The summed E-state index contributed by atoms with van der Waals surface area (Å²) in [7, 11) is -3.81. The van der Waals surface area contributed by atoms with Crippen molar-refractivity contribution in [3.8, 4) is 0 Å². The van der Waals surface area contributed by atoms with Crippen LogP contribution in [0.25, 0.3) is 0 Å². The van der Waals surface area contributed by atoms with Gasteiger partial charge in [0.2, 0.25) is 0 Å². The molecule has 1 heterocycles. The number of amides is 2. The Kier molecular flexibility index (Phi) is 3.76. The van der Waals surface area contributed by atoms with E-state index in [0.29, 0.717) is 5.69 Å². The van der Waals surface area contributed by atoms with Crippen LogP contribution in [0, 0.1) is 0 Å². The Hall–Kier alpha value is -1.28. The Morgan fingerprint density at radius 1 is 1.50 bits per heavy atom. The van der Waals surface area contributed by atoms with Crippen molar-refractivity contribution >= 4 is 33.1 Å². The van der Waals surface area contributed by atoms with Crippen molar-refractivity contribution in [1.29, 1.82) is 0 Å². The van der Waals surface area contributed by atoms with Crippen LogP contribution in [0.2, 0.25) is 0 Å². The third kappa shape index (κ3) is 3.38. The molecule has 16 heavy (non-hydrogen) atoms. The first-order valence-electron chi connectivity index (χ1n) is 4.48. The number of anilines is 1. The number of thiophene rings is 1. The first kappa shape index (κ1) is 12.8. The molecule has 2 amide bonds. The fourth-order valence-electron chi connectivity index (χ4n) is 0.935. The number of nitrogens with one attached hydrogen (secondary N) is 2. The first-order valence-corrected chi connectivity index (χ1v) is 6.85. The van der Waals surface area contributed by atoms with Gasteiger partial charge in [-0.1, -0.05) is 0 Å². The van der Waals surface area contributed by atoms with Gasteiger partial charge in [0, 0.05) is 17.1 Å². The summed E-state index contributed by atoms with van der Waals surface area (Å²) in [5.41, 5.74) is 5.76. The maximum absolute atomic E-state index is 11.6. The van der Waals surface area contributed by atoms with E-state index in [9.17, 15) is 13.2 Å². The van der Waals surface area contributed by atoms with Crippen molar-refractivity contribution in [1.82, 2.24) is 10.0 Å². The van der Waals surface area contributed by atoms with Crippen molar-refractivity contribution in [3.63, 3.8) is 0 Å². The molecule has 4 N–H and O–H groups in total. The molecule has 0 bridgehead atoms. The number of carbonyl (C=O) groups excluding carboxylic acids is 1. The van der Waals surface area contributed by atoms with Gasteiger partial charge in [-0.2, -0.15) is 0 Å². The molecule has 1 aromatic heterocycles. The zero-order valence-corrected chi connectivity index (χ0v) is 10.5. The molecule has 0 saturated heterocycles. The quantitative estimate of drug-likeness (QED) is 0.748. The molecule has 90 valence electrons. The first-order chi connectivity index (χ1) is 7.31. The summed E-state index contributed by atoms with van der Waals surface area (Å²) < 4.78 is 25.2. The lowest BCUT2D eigenvalue weighted by Crippen LogP contribution is -2.42. The fraction of sp³-hybridized carbons (Fsp3) is 0.375. The maximum Gasteiger partial charge on any atom is 0.328 e. The third-order valence-corrected chi connectivity index (χ3v) is 4.30. The van der Waals surface area contributed by atoms with E-state index >= 15 is 0 Å². The minimum Gasteiger partial charge on any atom is -0.398 e. The summed E-state index contributed by atoms with van der Waals surface area (Å²) in [5, 5.41) is 3.91. The Bertz CT molecular complexity index is 478. The van der Waals surface area contributed by atoms with Gasteiger partial charge in [-0.15, -0.1) is 11.3 Å². The second-order valence-electron chi connectivity index (χ2n) is 3.43. The highest BCUT2D eigenvalue weighted by Gasteiger charge is 2.19. The van der Waals surface area contributed by atoms with Crippen LogP contribution in [0.15, 0.2) is 15.7 Å². The van der Waals surface area contributed by atoms with E-state index < -0.39 is 16.1 Å². The van der Waals surface area contributed by atoms with E-state index in [1.807, 2.05) is 4.72 Å². The molecule has 1 rings (SSSR count). The Morgan fingerprint density at radius 2 is 2.12 bits per heavy atom. The van der Waals surface area contributed by atoms with Crippen molar-refractivity contribution in [2.75, 3.05) is 5.73 Å². The summed E-state index contributed by atoms with van der Waals surface area (Å²) in [6.45, 7) is 3.46. The molecule has 0 aliphatic carbocycles. The van der Waals surface area contributed by atoms with Gasteiger partial charge >= 0.3 is 6.03 Å². The molecule has 0 aromatic carbocycles. The van der Waals surface area contributed by atoms with E-state index in [1.165, 1.54) is 11.4 Å². The lowest BCUT2D eigenvalue weighted by atomic mass is 10.4. The molecule has 0 spiro atoms. The number of hydrogen-bond acceptors (Lipinski definition) is 5. The van der Waals surface area contributed by atoms with E-state index in [1.54, 1.807) is 13.8 Å². The zero-order valence-electron chi connectivity index (χ0n) is 8.85. The van der Waals surface area contributed by atoms with Crippen LogP contribution >= 0.6 is 11.3 Å². The van der Waals surface area contributed by atoms with Gasteiger partial charge < -0.3 is 11.1 Å². The van der Waals surface area contributed by atoms with Crippen LogP contribution in [-0.4, -0.2) is 20.5 Å². The molecule has 0 radical (unpaired) electrons. The van der Waals surface area contributed by atoms with Gasteiger partial charge in [0.1, 0.15) is 4.21 Å². The number of hydrogen-bond donors (Lipinski definition) is 3. The van der Waals surface area contributed by atoms with Gasteiger partial charge in [0.25, 0.3) is 10.0 Å². The van der Waals surface area contributed by atoms with Crippen LogP contribution in [-0.2, 0) is 10.0 Å². The highest BCUT2D eigenvalue weighted by atomic mass is 32.2. The summed E-state index contributed by atoms with van der Waals surface area (Å²) in [5.74, 6) is 0. The van der Waals surface area contributed by atoms with E-state index in [2.05, 4.69) is 5.32 Å².